The van der Waals surface area contributed by atoms with Crippen LogP contribution in [0.3, 0.4) is 0 Å². The molecular formula is C17H28O2. The van der Waals surface area contributed by atoms with Crippen molar-refractivity contribution in [2.45, 2.75) is 78.9 Å². The lowest BCUT2D eigenvalue weighted by atomic mass is 9.64. The normalized spacial score (nSPS) is 51.4. The van der Waals surface area contributed by atoms with Crippen LogP contribution in [0.2, 0.25) is 0 Å². The van der Waals surface area contributed by atoms with E-state index in [4.69, 9.17) is 4.74 Å². The summed E-state index contributed by atoms with van der Waals surface area (Å²) in [6, 6.07) is 0. The van der Waals surface area contributed by atoms with Crippen molar-refractivity contribution in [3.63, 3.8) is 0 Å². The number of fused-ring (bicyclic) bond motifs is 2. The van der Waals surface area contributed by atoms with Crippen LogP contribution >= 0.6 is 0 Å². The van der Waals surface area contributed by atoms with Crippen molar-refractivity contribution in [2.24, 2.45) is 22.2 Å². The molecule has 19 heavy (non-hydrogen) atoms. The monoisotopic (exact) mass is 264 g/mol. The van der Waals surface area contributed by atoms with E-state index >= 15 is 0 Å². The predicted octanol–water partition coefficient (Wildman–Crippen LogP) is 3.98. The molecule has 108 valence electrons. The molecule has 3 rings (SSSR count). The molecule has 0 N–H and O–H groups in total. The lowest BCUT2D eigenvalue weighted by Gasteiger charge is -2.48. The van der Waals surface area contributed by atoms with Gasteiger partial charge in [0.15, 0.2) is 0 Å². The molecule has 0 saturated heterocycles. The van der Waals surface area contributed by atoms with E-state index in [2.05, 4.69) is 34.6 Å². The average Bonchev–Trinajstić information content (AvgIpc) is 2.70. The molecule has 0 aromatic carbocycles. The van der Waals surface area contributed by atoms with Gasteiger partial charge in [0.05, 0.1) is 17.6 Å². The highest BCUT2D eigenvalue weighted by Gasteiger charge is 2.63. The third kappa shape index (κ3) is 1.50. The second-order valence-electron chi connectivity index (χ2n) is 8.12. The smallest absolute Gasteiger partial charge is 0.143 e. The lowest BCUT2D eigenvalue weighted by Crippen LogP contribution is -2.55. The minimum Gasteiger partial charge on any atom is -0.373 e. The van der Waals surface area contributed by atoms with Crippen LogP contribution in [-0.4, -0.2) is 18.0 Å². The highest BCUT2D eigenvalue weighted by atomic mass is 16.5. The number of carbonyl (C=O) groups excluding carboxylic acids is 1. The molecule has 3 aliphatic rings. The van der Waals surface area contributed by atoms with E-state index in [1.54, 1.807) is 0 Å². The molecule has 3 fully saturated rings. The van der Waals surface area contributed by atoms with Gasteiger partial charge in [-0.15, -0.1) is 0 Å². The van der Waals surface area contributed by atoms with Crippen LogP contribution < -0.4 is 0 Å². The Balaban J connectivity index is 1.75. The molecular weight excluding hydrogens is 236 g/mol. The Morgan fingerprint density at radius 3 is 2.32 bits per heavy atom. The summed E-state index contributed by atoms with van der Waals surface area (Å²) in [7, 11) is 0. The first kappa shape index (κ1) is 13.6. The van der Waals surface area contributed by atoms with Gasteiger partial charge in [-0.05, 0) is 42.4 Å². The molecule has 5 unspecified atom stereocenters. The van der Waals surface area contributed by atoms with Gasteiger partial charge in [-0.3, -0.25) is 4.79 Å². The van der Waals surface area contributed by atoms with Gasteiger partial charge in [-0.2, -0.15) is 0 Å². The zero-order valence-electron chi connectivity index (χ0n) is 13.1. The Morgan fingerprint density at radius 1 is 1.21 bits per heavy atom. The fourth-order valence-corrected chi connectivity index (χ4v) is 4.83. The molecule has 2 heteroatoms. The number of hydrogen-bond acceptors (Lipinski definition) is 2. The Kier molecular flexibility index (Phi) is 2.75. The van der Waals surface area contributed by atoms with Crippen molar-refractivity contribution in [3.8, 4) is 0 Å². The van der Waals surface area contributed by atoms with E-state index in [0.29, 0.717) is 29.1 Å². The van der Waals surface area contributed by atoms with Crippen molar-refractivity contribution in [1.29, 1.82) is 0 Å². The van der Waals surface area contributed by atoms with Crippen molar-refractivity contribution in [3.05, 3.63) is 0 Å². The van der Waals surface area contributed by atoms with Gasteiger partial charge >= 0.3 is 0 Å². The Bertz CT molecular complexity index is 413. The largest absolute Gasteiger partial charge is 0.373 e. The maximum absolute atomic E-state index is 11.9. The van der Waals surface area contributed by atoms with Gasteiger partial charge in [0.25, 0.3) is 0 Å². The van der Waals surface area contributed by atoms with E-state index in [0.717, 1.165) is 12.3 Å². The minimum absolute atomic E-state index is 0.168. The standard InChI is InChI=1S/C17H28O2/c1-6-16(4)12(18)10-13(16)19-14-9-11-7-8-17(14,5)15(11,2)3/h11,13-14H,6-10H2,1-5H3. The molecule has 2 nitrogen and oxygen atoms in total. The molecule has 0 heterocycles. The van der Waals surface area contributed by atoms with Gasteiger partial charge in [0, 0.05) is 6.42 Å². The zero-order valence-corrected chi connectivity index (χ0v) is 13.1. The first-order valence-corrected chi connectivity index (χ1v) is 7.94. The Labute approximate surface area is 117 Å². The highest BCUT2D eigenvalue weighted by Crippen LogP contribution is 2.67. The number of ether oxygens (including phenoxy) is 1. The average molecular weight is 264 g/mol. The summed E-state index contributed by atoms with van der Waals surface area (Å²) in [4.78, 5) is 11.9. The number of Topliss-reactive ketones (excluding diaryl/α,β-unsaturated/α-hetero) is 1. The van der Waals surface area contributed by atoms with E-state index in [-0.39, 0.29) is 11.5 Å². The van der Waals surface area contributed by atoms with Crippen LogP contribution in [0.1, 0.15) is 66.7 Å². The van der Waals surface area contributed by atoms with Crippen LogP contribution in [0.15, 0.2) is 0 Å². The SMILES string of the molecule is CCC1(C)C(=O)CC1OC1CC2CCC1(C)C2(C)C. The molecule has 0 radical (unpaired) electrons. The van der Waals surface area contributed by atoms with E-state index in [1.165, 1.54) is 19.3 Å². The fourth-order valence-electron chi connectivity index (χ4n) is 4.83. The number of carbonyl (C=O) groups is 1. The lowest BCUT2D eigenvalue weighted by molar-refractivity contribution is -0.182. The maximum Gasteiger partial charge on any atom is 0.143 e. The fraction of sp³-hybridized carbons (Fsp3) is 0.941. The zero-order chi connectivity index (χ0) is 14.1. The van der Waals surface area contributed by atoms with E-state index < -0.39 is 0 Å². The molecule has 3 saturated carbocycles. The molecule has 0 spiro atoms. The molecule has 3 aliphatic carbocycles. The predicted molar refractivity (Wildman–Crippen MR) is 75.9 cm³/mol. The van der Waals surface area contributed by atoms with Crippen LogP contribution in [0, 0.1) is 22.2 Å². The summed E-state index contributed by atoms with van der Waals surface area (Å²) in [5.41, 5.74) is 0.501. The number of hydrogen-bond donors (Lipinski definition) is 0. The summed E-state index contributed by atoms with van der Waals surface area (Å²) in [6.07, 6.45) is 5.94. The molecule has 0 amide bonds. The van der Waals surface area contributed by atoms with Gasteiger partial charge in [0.2, 0.25) is 0 Å². The number of rotatable bonds is 3. The third-order valence-electron chi connectivity index (χ3n) is 7.50. The Morgan fingerprint density at radius 2 is 1.89 bits per heavy atom. The van der Waals surface area contributed by atoms with E-state index in [9.17, 15) is 4.79 Å². The van der Waals surface area contributed by atoms with Crippen molar-refractivity contribution < 1.29 is 9.53 Å². The summed E-state index contributed by atoms with van der Waals surface area (Å²) >= 11 is 0. The molecule has 0 aromatic heterocycles. The first-order valence-electron chi connectivity index (χ1n) is 7.94. The van der Waals surface area contributed by atoms with Gasteiger partial charge in [-0.1, -0.05) is 34.6 Å². The topological polar surface area (TPSA) is 26.3 Å². The second-order valence-corrected chi connectivity index (χ2v) is 8.12. The van der Waals surface area contributed by atoms with Crippen molar-refractivity contribution in [1.82, 2.24) is 0 Å². The van der Waals surface area contributed by atoms with Crippen LogP contribution in [0.4, 0.5) is 0 Å². The Hall–Kier alpha value is -0.370. The summed E-state index contributed by atoms with van der Waals surface area (Å²) < 4.78 is 6.48. The first-order chi connectivity index (χ1) is 8.75. The second kappa shape index (κ2) is 3.84. The van der Waals surface area contributed by atoms with Crippen LogP contribution in [0.25, 0.3) is 0 Å². The van der Waals surface area contributed by atoms with Crippen LogP contribution in [0.5, 0.6) is 0 Å². The number of ketones is 1. The van der Waals surface area contributed by atoms with Gasteiger partial charge in [0.1, 0.15) is 5.78 Å². The molecule has 0 aromatic rings. The van der Waals surface area contributed by atoms with Crippen molar-refractivity contribution in [2.75, 3.05) is 0 Å². The summed E-state index contributed by atoms with van der Waals surface area (Å²) in [5.74, 6) is 1.21. The minimum atomic E-state index is -0.206. The third-order valence-corrected chi connectivity index (χ3v) is 7.50. The quantitative estimate of drug-likeness (QED) is 0.771. The summed E-state index contributed by atoms with van der Waals surface area (Å²) in [5, 5.41) is 0. The summed E-state index contributed by atoms with van der Waals surface area (Å²) in [6.45, 7) is 11.4. The van der Waals surface area contributed by atoms with Crippen molar-refractivity contribution >= 4 is 5.78 Å². The van der Waals surface area contributed by atoms with E-state index in [1.807, 2.05) is 0 Å². The highest BCUT2D eigenvalue weighted by molar-refractivity contribution is 5.91. The van der Waals surface area contributed by atoms with Crippen LogP contribution in [-0.2, 0) is 9.53 Å². The molecule has 5 atom stereocenters. The molecule has 2 bridgehead atoms. The molecule has 0 aliphatic heterocycles. The van der Waals surface area contributed by atoms with Gasteiger partial charge in [-0.25, -0.2) is 0 Å². The van der Waals surface area contributed by atoms with Gasteiger partial charge < -0.3 is 4.74 Å². The maximum atomic E-state index is 11.9.